The van der Waals surface area contributed by atoms with E-state index in [4.69, 9.17) is 0 Å². The predicted molar refractivity (Wildman–Crippen MR) is 78.8 cm³/mol. The maximum atomic E-state index is 9.68. The first-order chi connectivity index (χ1) is 9.22. The molecule has 1 heterocycles. The molecule has 0 unspecified atom stereocenters. The molecule has 0 aliphatic rings. The van der Waals surface area contributed by atoms with E-state index in [1.165, 1.54) is 11.3 Å². The zero-order valence-electron chi connectivity index (χ0n) is 10.7. The van der Waals surface area contributed by atoms with Gasteiger partial charge in [-0.15, -0.1) is 17.9 Å². The Morgan fingerprint density at radius 1 is 1.42 bits per heavy atom. The third-order valence-electron chi connectivity index (χ3n) is 2.45. The predicted octanol–water partition coefficient (Wildman–Crippen LogP) is 2.53. The van der Waals surface area contributed by atoms with Crippen molar-refractivity contribution in [1.29, 1.82) is 0 Å². The van der Waals surface area contributed by atoms with Gasteiger partial charge < -0.3 is 5.11 Å². The highest BCUT2D eigenvalue weighted by atomic mass is 32.1. The van der Waals surface area contributed by atoms with Crippen LogP contribution in [0.15, 0.2) is 52.4 Å². The van der Waals surface area contributed by atoms with Crippen molar-refractivity contribution in [3.63, 3.8) is 0 Å². The molecule has 0 spiro atoms. The Labute approximate surface area is 115 Å². The Bertz CT molecular complexity index is 667. The number of phenolic OH excluding ortho intramolecular Hbond substituents is 1. The third-order valence-corrected chi connectivity index (χ3v) is 3.43. The molecule has 0 bridgehead atoms. The highest BCUT2D eigenvalue weighted by Gasteiger charge is 1.99. The Morgan fingerprint density at radius 2 is 2.21 bits per heavy atom. The van der Waals surface area contributed by atoms with Crippen LogP contribution in [-0.4, -0.2) is 22.5 Å². The van der Waals surface area contributed by atoms with Crippen molar-refractivity contribution in [2.45, 2.75) is 6.92 Å². The Hall–Kier alpha value is -2.14. The number of aromatic hydroxyl groups is 1. The molecule has 0 saturated heterocycles. The van der Waals surface area contributed by atoms with Gasteiger partial charge in [0.2, 0.25) is 4.80 Å². The molecule has 0 radical (unpaired) electrons. The molecular formula is C14H15N3OS. The fourth-order valence-electron chi connectivity index (χ4n) is 1.49. The lowest BCUT2D eigenvalue weighted by atomic mass is 10.2. The van der Waals surface area contributed by atoms with Gasteiger partial charge in [-0.25, -0.2) is 4.68 Å². The van der Waals surface area contributed by atoms with Crippen molar-refractivity contribution >= 4 is 17.6 Å². The maximum absolute atomic E-state index is 9.68. The van der Waals surface area contributed by atoms with E-state index >= 15 is 0 Å². The lowest BCUT2D eigenvalue weighted by Gasteiger charge is -1.99. The van der Waals surface area contributed by atoms with Crippen LogP contribution in [0.1, 0.15) is 11.3 Å². The van der Waals surface area contributed by atoms with E-state index in [1.807, 2.05) is 24.4 Å². The second-order valence-corrected chi connectivity index (χ2v) is 4.74. The summed E-state index contributed by atoms with van der Waals surface area (Å²) in [5, 5.41) is 16.0. The summed E-state index contributed by atoms with van der Waals surface area (Å²) in [4.78, 5) is 5.18. The molecule has 4 nitrogen and oxygen atoms in total. The summed E-state index contributed by atoms with van der Waals surface area (Å²) in [5.41, 5.74) is 1.68. The summed E-state index contributed by atoms with van der Waals surface area (Å²) in [6.07, 6.45) is 3.37. The van der Waals surface area contributed by atoms with Crippen LogP contribution < -0.4 is 4.80 Å². The van der Waals surface area contributed by atoms with Gasteiger partial charge in [-0.1, -0.05) is 18.2 Å². The summed E-state index contributed by atoms with van der Waals surface area (Å²) >= 11 is 1.53. The van der Waals surface area contributed by atoms with Crippen molar-refractivity contribution in [3.05, 3.63) is 58.4 Å². The smallest absolute Gasteiger partial charge is 0.206 e. The third kappa shape index (κ3) is 3.20. The molecule has 2 aromatic rings. The van der Waals surface area contributed by atoms with E-state index in [1.54, 1.807) is 29.1 Å². The van der Waals surface area contributed by atoms with E-state index in [0.717, 1.165) is 10.5 Å². The highest BCUT2D eigenvalue weighted by Crippen LogP contribution is 2.13. The number of hydrogen-bond acceptors (Lipinski definition) is 4. The summed E-state index contributed by atoms with van der Waals surface area (Å²) in [5.74, 6) is 0.212. The molecule has 5 heteroatoms. The average molecular weight is 273 g/mol. The van der Waals surface area contributed by atoms with Gasteiger partial charge in [0.05, 0.1) is 18.5 Å². The Balaban J connectivity index is 2.36. The normalized spacial score (nSPS) is 12.2. The number of aryl methyl sites for hydroxylation is 1. The van der Waals surface area contributed by atoms with Crippen LogP contribution in [0.4, 0.5) is 0 Å². The number of hydrogen-bond donors (Lipinski definition) is 1. The van der Waals surface area contributed by atoms with E-state index in [0.29, 0.717) is 12.1 Å². The number of para-hydroxylation sites is 1. The summed E-state index contributed by atoms with van der Waals surface area (Å²) in [6.45, 7) is 6.17. The van der Waals surface area contributed by atoms with Crippen LogP contribution in [0.2, 0.25) is 0 Å². The van der Waals surface area contributed by atoms with E-state index < -0.39 is 0 Å². The molecule has 0 amide bonds. The van der Waals surface area contributed by atoms with Crippen molar-refractivity contribution < 1.29 is 5.11 Å². The molecule has 98 valence electrons. The zero-order chi connectivity index (χ0) is 13.7. The van der Waals surface area contributed by atoms with Crippen molar-refractivity contribution in [1.82, 2.24) is 4.68 Å². The first-order valence-electron chi connectivity index (χ1n) is 5.83. The molecule has 0 saturated carbocycles. The van der Waals surface area contributed by atoms with Crippen LogP contribution in [0.3, 0.4) is 0 Å². The fourth-order valence-corrected chi connectivity index (χ4v) is 2.31. The minimum Gasteiger partial charge on any atom is -0.507 e. The number of nitrogens with zero attached hydrogens (tertiary/aromatic N) is 3. The summed E-state index contributed by atoms with van der Waals surface area (Å²) < 4.78 is 1.75. The molecule has 0 fully saturated rings. The van der Waals surface area contributed by atoms with Gasteiger partial charge in [-0.3, -0.25) is 4.99 Å². The number of thiazole rings is 1. The van der Waals surface area contributed by atoms with Gasteiger partial charge in [0, 0.05) is 10.9 Å². The summed E-state index contributed by atoms with van der Waals surface area (Å²) in [6, 6.07) is 7.08. The molecule has 1 N–H and O–H groups in total. The van der Waals surface area contributed by atoms with Crippen molar-refractivity contribution in [2.75, 3.05) is 6.54 Å². The molecule has 0 aliphatic heterocycles. The van der Waals surface area contributed by atoms with Crippen molar-refractivity contribution in [3.8, 4) is 5.75 Å². The van der Waals surface area contributed by atoms with Crippen LogP contribution in [0.5, 0.6) is 5.75 Å². The quantitative estimate of drug-likeness (QED) is 0.675. The van der Waals surface area contributed by atoms with Gasteiger partial charge in [-0.05, 0) is 19.1 Å². The second kappa shape index (κ2) is 6.15. The molecule has 19 heavy (non-hydrogen) atoms. The Kier molecular flexibility index (Phi) is 4.30. The van der Waals surface area contributed by atoms with E-state index in [-0.39, 0.29) is 5.75 Å². The lowest BCUT2D eigenvalue weighted by molar-refractivity contribution is 0.474. The molecule has 0 aliphatic carbocycles. The number of benzene rings is 1. The Morgan fingerprint density at radius 3 is 2.95 bits per heavy atom. The highest BCUT2D eigenvalue weighted by molar-refractivity contribution is 7.07. The van der Waals surface area contributed by atoms with Crippen LogP contribution in [-0.2, 0) is 0 Å². The van der Waals surface area contributed by atoms with Gasteiger partial charge >= 0.3 is 0 Å². The first-order valence-corrected chi connectivity index (χ1v) is 6.71. The van der Waals surface area contributed by atoms with Gasteiger partial charge in [0.25, 0.3) is 0 Å². The number of phenols is 1. The topological polar surface area (TPSA) is 49.9 Å². The first kappa shape index (κ1) is 13.3. The van der Waals surface area contributed by atoms with Gasteiger partial charge in [0.1, 0.15) is 5.75 Å². The minimum atomic E-state index is 0.212. The second-order valence-electron chi connectivity index (χ2n) is 3.90. The van der Waals surface area contributed by atoms with Crippen LogP contribution >= 0.6 is 11.3 Å². The maximum Gasteiger partial charge on any atom is 0.206 e. The molecule has 1 aromatic heterocycles. The lowest BCUT2D eigenvalue weighted by Crippen LogP contribution is -2.12. The van der Waals surface area contributed by atoms with E-state index in [9.17, 15) is 5.11 Å². The van der Waals surface area contributed by atoms with E-state index in [2.05, 4.69) is 16.7 Å². The zero-order valence-corrected chi connectivity index (χ0v) is 11.5. The standard InChI is InChI=1S/C14H15N3OS/c1-3-8-15-14-17(11(2)10-19-14)16-9-12-6-4-5-7-13(12)18/h3-7,9-10,18H,1,8H2,2H3. The van der Waals surface area contributed by atoms with Crippen molar-refractivity contribution in [2.24, 2.45) is 10.1 Å². The molecule has 2 rings (SSSR count). The molecular weight excluding hydrogens is 258 g/mol. The van der Waals surface area contributed by atoms with Crippen LogP contribution in [0.25, 0.3) is 0 Å². The molecule has 0 atom stereocenters. The molecule has 1 aromatic carbocycles. The summed E-state index contributed by atoms with van der Waals surface area (Å²) in [7, 11) is 0. The SMILES string of the molecule is C=CCN=c1scc(C)n1N=Cc1ccccc1O. The monoisotopic (exact) mass is 273 g/mol. The largest absolute Gasteiger partial charge is 0.507 e. The van der Waals surface area contributed by atoms with Gasteiger partial charge in [0.15, 0.2) is 0 Å². The fraction of sp³-hybridized carbons (Fsp3) is 0.143. The average Bonchev–Trinajstić information content (AvgIpc) is 2.76. The van der Waals surface area contributed by atoms with Gasteiger partial charge in [-0.2, -0.15) is 5.10 Å². The van der Waals surface area contributed by atoms with Crippen LogP contribution in [0, 0.1) is 6.92 Å². The number of rotatable bonds is 4. The number of aromatic nitrogens is 1. The minimum absolute atomic E-state index is 0.212.